The van der Waals surface area contributed by atoms with Crippen molar-refractivity contribution in [1.29, 1.82) is 0 Å². The Labute approximate surface area is 116 Å². The van der Waals surface area contributed by atoms with Crippen LogP contribution in [0.4, 0.5) is 5.69 Å². The Hall–Kier alpha value is -1.18. The first-order valence-electron chi connectivity index (χ1n) is 5.81. The minimum Gasteiger partial charge on any atom is -0.258 e. The van der Waals surface area contributed by atoms with Crippen LogP contribution in [0.5, 0.6) is 0 Å². The molecule has 1 aliphatic carbocycles. The summed E-state index contributed by atoms with van der Waals surface area (Å²) < 4.78 is 26.7. The highest BCUT2D eigenvalue weighted by molar-refractivity contribution is 7.89. The number of hydrogen-bond donors (Lipinski definition) is 1. The number of rotatable bonds is 4. The molecule has 1 N–H and O–H groups in total. The van der Waals surface area contributed by atoms with Gasteiger partial charge in [-0.1, -0.05) is 12.5 Å². The second kappa shape index (κ2) is 5.44. The molecule has 0 heterocycles. The normalized spacial score (nSPS) is 23.4. The zero-order valence-electron chi connectivity index (χ0n) is 9.95. The number of nitro benzene ring substituents is 1. The van der Waals surface area contributed by atoms with Crippen molar-refractivity contribution in [2.24, 2.45) is 0 Å². The van der Waals surface area contributed by atoms with E-state index in [-0.39, 0.29) is 22.0 Å². The van der Waals surface area contributed by atoms with Crippen LogP contribution in [-0.4, -0.2) is 24.8 Å². The zero-order valence-corrected chi connectivity index (χ0v) is 11.5. The average molecular weight is 305 g/mol. The van der Waals surface area contributed by atoms with E-state index < -0.39 is 14.9 Å². The summed E-state index contributed by atoms with van der Waals surface area (Å²) >= 11 is 6.02. The van der Waals surface area contributed by atoms with E-state index in [1.165, 1.54) is 18.2 Å². The number of hydrogen-bond acceptors (Lipinski definition) is 4. The second-order valence-electron chi connectivity index (χ2n) is 4.43. The fourth-order valence-corrected chi connectivity index (χ4v) is 3.85. The topological polar surface area (TPSA) is 89.3 Å². The minimum absolute atomic E-state index is 0.113. The Kier molecular flexibility index (Phi) is 4.07. The molecule has 104 valence electrons. The molecule has 1 aromatic rings. The number of nitrogens with zero attached hydrogens (tertiary/aromatic N) is 1. The minimum atomic E-state index is -3.77. The number of nitrogens with one attached hydrogen (secondary N) is 1. The molecule has 1 aliphatic rings. The lowest BCUT2D eigenvalue weighted by atomic mass is 10.3. The lowest BCUT2D eigenvalue weighted by molar-refractivity contribution is -0.385. The number of halogens is 1. The van der Waals surface area contributed by atoms with E-state index in [9.17, 15) is 18.5 Å². The largest absolute Gasteiger partial charge is 0.270 e. The van der Waals surface area contributed by atoms with E-state index in [0.717, 1.165) is 18.9 Å². The van der Waals surface area contributed by atoms with Crippen LogP contribution in [0.1, 0.15) is 19.3 Å². The van der Waals surface area contributed by atoms with E-state index in [1.807, 2.05) is 0 Å². The lowest BCUT2D eigenvalue weighted by Crippen LogP contribution is -2.37. The van der Waals surface area contributed by atoms with Crippen LogP contribution >= 0.6 is 11.6 Å². The third-order valence-electron chi connectivity index (χ3n) is 3.08. The Morgan fingerprint density at radius 3 is 2.68 bits per heavy atom. The van der Waals surface area contributed by atoms with E-state index >= 15 is 0 Å². The van der Waals surface area contributed by atoms with Gasteiger partial charge in [-0.3, -0.25) is 10.1 Å². The highest BCUT2D eigenvalue weighted by atomic mass is 35.5. The number of sulfonamides is 1. The van der Waals surface area contributed by atoms with Crippen molar-refractivity contribution in [1.82, 2.24) is 4.72 Å². The first kappa shape index (κ1) is 14.2. The smallest absolute Gasteiger partial charge is 0.258 e. The molecule has 1 fully saturated rings. The van der Waals surface area contributed by atoms with Crippen LogP contribution in [0.15, 0.2) is 29.2 Å². The molecule has 19 heavy (non-hydrogen) atoms. The summed E-state index contributed by atoms with van der Waals surface area (Å²) in [5, 5.41) is 10.4. The summed E-state index contributed by atoms with van der Waals surface area (Å²) in [6.07, 6.45) is 2.32. The van der Waals surface area contributed by atoms with Crippen LogP contribution in [0, 0.1) is 10.1 Å². The summed E-state index contributed by atoms with van der Waals surface area (Å²) in [4.78, 5) is 9.91. The van der Waals surface area contributed by atoms with Crippen molar-refractivity contribution < 1.29 is 13.3 Å². The van der Waals surface area contributed by atoms with Crippen molar-refractivity contribution in [2.75, 3.05) is 0 Å². The molecule has 0 bridgehead atoms. The Bertz CT molecular complexity index is 590. The molecule has 1 saturated carbocycles. The standard InChI is InChI=1S/C11H13ClN2O4S/c12-10-5-2-6-11(10)13-19(17,18)9-4-1-3-8(7-9)14(15)16/h1,3-4,7,10-11,13H,2,5-6H2. The fraction of sp³-hybridized carbons (Fsp3) is 0.455. The molecular formula is C11H13ClN2O4S. The number of non-ortho nitro benzene ring substituents is 1. The Balaban J connectivity index is 2.24. The van der Waals surface area contributed by atoms with Gasteiger partial charge in [0.1, 0.15) is 0 Å². The first-order chi connectivity index (χ1) is 8.90. The highest BCUT2D eigenvalue weighted by Gasteiger charge is 2.30. The molecule has 1 aromatic carbocycles. The summed E-state index contributed by atoms with van der Waals surface area (Å²) in [5.41, 5.74) is -0.253. The molecule has 0 aromatic heterocycles. The van der Waals surface area contributed by atoms with Crippen molar-refractivity contribution in [3.05, 3.63) is 34.4 Å². The van der Waals surface area contributed by atoms with Gasteiger partial charge in [0.25, 0.3) is 5.69 Å². The lowest BCUT2D eigenvalue weighted by Gasteiger charge is -2.15. The molecule has 0 aliphatic heterocycles. The van der Waals surface area contributed by atoms with Crippen molar-refractivity contribution in [3.63, 3.8) is 0 Å². The Morgan fingerprint density at radius 2 is 2.11 bits per heavy atom. The van der Waals surface area contributed by atoms with Crippen LogP contribution in [0.2, 0.25) is 0 Å². The maximum atomic E-state index is 12.1. The second-order valence-corrected chi connectivity index (χ2v) is 6.70. The predicted octanol–water partition coefficient (Wildman–Crippen LogP) is 2.03. The highest BCUT2D eigenvalue weighted by Crippen LogP contribution is 2.26. The quantitative estimate of drug-likeness (QED) is 0.523. The number of alkyl halides is 1. The van der Waals surface area contributed by atoms with Gasteiger partial charge in [0.2, 0.25) is 10.0 Å². The van der Waals surface area contributed by atoms with E-state index in [0.29, 0.717) is 6.42 Å². The van der Waals surface area contributed by atoms with E-state index in [2.05, 4.69) is 4.72 Å². The van der Waals surface area contributed by atoms with Crippen LogP contribution < -0.4 is 4.72 Å². The molecule has 0 radical (unpaired) electrons. The molecule has 2 atom stereocenters. The van der Waals surface area contributed by atoms with Gasteiger partial charge >= 0.3 is 0 Å². The van der Waals surface area contributed by atoms with Gasteiger partial charge in [-0.15, -0.1) is 11.6 Å². The van der Waals surface area contributed by atoms with E-state index in [4.69, 9.17) is 11.6 Å². The SMILES string of the molecule is O=[N+]([O-])c1cccc(S(=O)(=O)NC2CCCC2Cl)c1. The van der Waals surface area contributed by atoms with Crippen molar-refractivity contribution in [3.8, 4) is 0 Å². The molecule has 8 heteroatoms. The summed E-state index contributed by atoms with van der Waals surface area (Å²) in [5.74, 6) is 0. The maximum Gasteiger partial charge on any atom is 0.270 e. The van der Waals surface area contributed by atoms with Gasteiger partial charge in [-0.05, 0) is 18.9 Å². The monoisotopic (exact) mass is 304 g/mol. The number of nitro groups is 1. The van der Waals surface area contributed by atoms with Crippen molar-refractivity contribution >= 4 is 27.3 Å². The molecule has 6 nitrogen and oxygen atoms in total. The third kappa shape index (κ3) is 3.23. The first-order valence-corrected chi connectivity index (χ1v) is 7.73. The van der Waals surface area contributed by atoms with Gasteiger partial charge in [-0.25, -0.2) is 13.1 Å². The van der Waals surface area contributed by atoms with Gasteiger partial charge in [-0.2, -0.15) is 0 Å². The van der Waals surface area contributed by atoms with Crippen molar-refractivity contribution in [2.45, 2.75) is 35.6 Å². The third-order valence-corrected chi connectivity index (χ3v) is 5.09. The molecule has 2 rings (SSSR count). The summed E-state index contributed by atoms with van der Waals surface area (Å²) in [6, 6.07) is 4.65. The molecule has 2 unspecified atom stereocenters. The van der Waals surface area contributed by atoms with Crippen LogP contribution in [-0.2, 0) is 10.0 Å². The van der Waals surface area contributed by atoms with Gasteiger partial charge in [0.05, 0.1) is 9.82 Å². The summed E-state index contributed by atoms with van der Waals surface area (Å²) in [6.45, 7) is 0. The van der Waals surface area contributed by atoms with Crippen LogP contribution in [0.3, 0.4) is 0 Å². The maximum absolute atomic E-state index is 12.1. The fourth-order valence-electron chi connectivity index (χ4n) is 2.08. The summed E-state index contributed by atoms with van der Waals surface area (Å²) in [7, 11) is -3.77. The van der Waals surface area contributed by atoms with Gasteiger partial charge in [0.15, 0.2) is 0 Å². The van der Waals surface area contributed by atoms with E-state index in [1.54, 1.807) is 0 Å². The number of benzene rings is 1. The van der Waals surface area contributed by atoms with Crippen LogP contribution in [0.25, 0.3) is 0 Å². The van der Waals surface area contributed by atoms with Gasteiger partial charge < -0.3 is 0 Å². The molecule has 0 spiro atoms. The average Bonchev–Trinajstić information content (AvgIpc) is 2.74. The molecular weight excluding hydrogens is 292 g/mol. The predicted molar refractivity (Wildman–Crippen MR) is 70.7 cm³/mol. The van der Waals surface area contributed by atoms with Gasteiger partial charge in [0, 0.05) is 23.6 Å². The zero-order chi connectivity index (χ0) is 14.0. The Morgan fingerprint density at radius 1 is 1.37 bits per heavy atom. The molecule has 0 saturated heterocycles. The molecule has 0 amide bonds.